The van der Waals surface area contributed by atoms with Crippen LogP contribution in [0.3, 0.4) is 0 Å². The Morgan fingerprint density at radius 1 is 1.29 bits per heavy atom. The number of imidazole rings is 1. The quantitative estimate of drug-likeness (QED) is 0.465. The minimum absolute atomic E-state index is 0.121. The number of aryl methyl sites for hydroxylation is 1. The number of benzene rings is 1. The summed E-state index contributed by atoms with van der Waals surface area (Å²) in [6.07, 6.45) is 3.05. The van der Waals surface area contributed by atoms with Crippen molar-refractivity contribution >= 4 is 33.3 Å². The molecule has 0 amide bonds. The number of carbonyl (C=O) groups excluding carboxylic acids is 1. The predicted octanol–water partition coefficient (Wildman–Crippen LogP) is 1.36. The number of rotatable bonds is 7. The van der Waals surface area contributed by atoms with Gasteiger partial charge in [-0.3, -0.25) is 13.5 Å². The van der Waals surface area contributed by atoms with Crippen LogP contribution in [0.25, 0.3) is 11.2 Å². The first-order valence-electron chi connectivity index (χ1n) is 10.8. The molecule has 3 N–H and O–H groups in total. The average Bonchev–Trinajstić information content (AvgIpc) is 3.49. The maximum absolute atomic E-state index is 11.5. The van der Waals surface area contributed by atoms with E-state index in [0.29, 0.717) is 17.0 Å². The molecule has 0 bridgehead atoms. The second-order valence-electron chi connectivity index (χ2n) is 8.27. The largest absolute Gasteiger partial charge is 0.460 e. The van der Waals surface area contributed by atoms with Gasteiger partial charge in [-0.05, 0) is 24.0 Å². The average molecular weight is 489 g/mol. The Bertz CT molecular complexity index is 1330. The molecular formula is C21H24N6O6S. The van der Waals surface area contributed by atoms with E-state index in [9.17, 15) is 13.2 Å². The Morgan fingerprint density at radius 3 is 2.91 bits per heavy atom. The van der Waals surface area contributed by atoms with E-state index in [-0.39, 0.29) is 19.1 Å². The summed E-state index contributed by atoms with van der Waals surface area (Å²) in [5, 5.41) is 8.41. The molecule has 1 aromatic carbocycles. The summed E-state index contributed by atoms with van der Waals surface area (Å²) in [4.78, 5) is 24.8. The molecule has 1 aliphatic heterocycles. The molecular weight excluding hydrogens is 464 g/mol. The molecule has 13 heteroatoms. The maximum Gasteiger partial charge on any atom is 0.333 e. The number of aromatic nitrogens is 4. The van der Waals surface area contributed by atoms with Crippen molar-refractivity contribution in [2.45, 2.75) is 50.7 Å². The van der Waals surface area contributed by atoms with Gasteiger partial charge in [0.1, 0.15) is 24.8 Å². The molecule has 0 saturated carbocycles. The fourth-order valence-corrected chi connectivity index (χ4v) is 4.88. The number of nitrogens with two attached hydrogens (primary N) is 1. The van der Waals surface area contributed by atoms with Crippen molar-refractivity contribution in [2.75, 3.05) is 11.9 Å². The SMILES string of the molecule is CC(=O)OC1CC(n2cnc3c(NC4CCc5ccccc54)ncnc32)OC1COS(N)(=O)=O. The molecule has 1 fully saturated rings. The lowest BCUT2D eigenvalue weighted by Gasteiger charge is -2.17. The van der Waals surface area contributed by atoms with Crippen LogP contribution in [0.5, 0.6) is 0 Å². The third kappa shape index (κ3) is 4.59. The molecule has 2 aromatic heterocycles. The highest BCUT2D eigenvalue weighted by Crippen LogP contribution is 2.36. The van der Waals surface area contributed by atoms with E-state index in [1.165, 1.54) is 24.4 Å². The standard InChI is InChI=1S/C21H24N6O6S/c1-12(28)32-16-8-18(33-17(16)9-31-34(22,29)30)27-11-25-19-20(23-10-24-21(19)27)26-15-7-6-13-4-2-3-5-14(13)15/h2-5,10-11,15-18H,6-9H2,1H3,(H2,22,29,30)(H,23,24,26). The number of hydrogen-bond acceptors (Lipinski definition) is 10. The summed E-state index contributed by atoms with van der Waals surface area (Å²) in [5.74, 6) is 0.0881. The maximum atomic E-state index is 11.5. The third-order valence-electron chi connectivity index (χ3n) is 6.01. The first-order valence-corrected chi connectivity index (χ1v) is 12.3. The van der Waals surface area contributed by atoms with Crippen LogP contribution in [0.2, 0.25) is 0 Å². The van der Waals surface area contributed by atoms with Gasteiger partial charge in [0, 0.05) is 13.3 Å². The Kier molecular flexibility index (Phi) is 5.93. The number of carbonyl (C=O) groups is 1. The summed E-state index contributed by atoms with van der Waals surface area (Å²) in [6, 6.07) is 8.43. The first-order chi connectivity index (χ1) is 16.3. The second kappa shape index (κ2) is 8.91. The first kappa shape index (κ1) is 22.7. The molecule has 1 aliphatic carbocycles. The number of nitrogens with zero attached hydrogens (tertiary/aromatic N) is 4. The summed E-state index contributed by atoms with van der Waals surface area (Å²) in [5.41, 5.74) is 3.67. The van der Waals surface area contributed by atoms with Gasteiger partial charge in [0.05, 0.1) is 19.0 Å². The second-order valence-corrected chi connectivity index (χ2v) is 9.49. The number of anilines is 1. The zero-order chi connectivity index (χ0) is 23.9. The van der Waals surface area contributed by atoms with Crippen molar-refractivity contribution < 1.29 is 26.9 Å². The van der Waals surface area contributed by atoms with Gasteiger partial charge < -0.3 is 14.8 Å². The molecule has 34 heavy (non-hydrogen) atoms. The lowest BCUT2D eigenvalue weighted by atomic mass is 10.1. The highest BCUT2D eigenvalue weighted by molar-refractivity contribution is 7.84. The van der Waals surface area contributed by atoms with Gasteiger partial charge in [-0.2, -0.15) is 8.42 Å². The topological polar surface area (TPSA) is 161 Å². The third-order valence-corrected chi connectivity index (χ3v) is 6.47. The van der Waals surface area contributed by atoms with Crippen LogP contribution in [0.15, 0.2) is 36.9 Å². The van der Waals surface area contributed by atoms with Gasteiger partial charge in [0.2, 0.25) is 0 Å². The number of esters is 1. The minimum Gasteiger partial charge on any atom is -0.460 e. The van der Waals surface area contributed by atoms with E-state index in [0.717, 1.165) is 12.8 Å². The Labute approximate surface area is 195 Å². The van der Waals surface area contributed by atoms with Crippen molar-refractivity contribution in [2.24, 2.45) is 5.14 Å². The number of hydrogen-bond donors (Lipinski definition) is 2. The fourth-order valence-electron chi connectivity index (χ4n) is 4.56. The Morgan fingerprint density at radius 2 is 2.12 bits per heavy atom. The molecule has 3 heterocycles. The summed E-state index contributed by atoms with van der Waals surface area (Å²) < 4.78 is 40.1. The Hall–Kier alpha value is -3.13. The van der Waals surface area contributed by atoms with Crippen molar-refractivity contribution in [1.29, 1.82) is 0 Å². The van der Waals surface area contributed by atoms with Crippen LogP contribution in [0.1, 0.15) is 43.2 Å². The van der Waals surface area contributed by atoms with E-state index in [2.05, 4.69) is 36.6 Å². The van der Waals surface area contributed by atoms with Gasteiger partial charge in [0.25, 0.3) is 0 Å². The molecule has 4 unspecified atom stereocenters. The van der Waals surface area contributed by atoms with E-state index in [1.54, 1.807) is 10.9 Å². The van der Waals surface area contributed by atoms with E-state index in [1.807, 2.05) is 12.1 Å². The van der Waals surface area contributed by atoms with Crippen LogP contribution >= 0.6 is 0 Å². The fraction of sp³-hybridized carbons (Fsp3) is 0.429. The van der Waals surface area contributed by atoms with Crippen molar-refractivity contribution in [3.05, 3.63) is 48.0 Å². The summed E-state index contributed by atoms with van der Waals surface area (Å²) in [6.45, 7) is 0.882. The summed E-state index contributed by atoms with van der Waals surface area (Å²) in [7, 11) is -4.18. The van der Waals surface area contributed by atoms with Gasteiger partial charge >= 0.3 is 16.3 Å². The zero-order valence-electron chi connectivity index (χ0n) is 18.3. The van der Waals surface area contributed by atoms with Crippen LogP contribution < -0.4 is 10.5 Å². The van der Waals surface area contributed by atoms with Crippen LogP contribution in [0, 0.1) is 0 Å². The molecule has 180 valence electrons. The minimum atomic E-state index is -4.18. The zero-order valence-corrected chi connectivity index (χ0v) is 19.1. The van der Waals surface area contributed by atoms with Crippen LogP contribution in [-0.2, 0) is 35.2 Å². The molecule has 0 radical (unpaired) electrons. The molecule has 4 atom stereocenters. The van der Waals surface area contributed by atoms with Crippen LogP contribution in [-0.4, -0.2) is 52.7 Å². The predicted molar refractivity (Wildman–Crippen MR) is 120 cm³/mol. The van der Waals surface area contributed by atoms with E-state index in [4.69, 9.17) is 14.6 Å². The van der Waals surface area contributed by atoms with Crippen molar-refractivity contribution in [1.82, 2.24) is 19.5 Å². The van der Waals surface area contributed by atoms with Gasteiger partial charge in [0.15, 0.2) is 17.0 Å². The van der Waals surface area contributed by atoms with Crippen molar-refractivity contribution in [3.63, 3.8) is 0 Å². The number of nitrogens with one attached hydrogen (secondary N) is 1. The van der Waals surface area contributed by atoms with Gasteiger partial charge in [-0.15, -0.1) is 0 Å². The van der Waals surface area contributed by atoms with Gasteiger partial charge in [-0.25, -0.2) is 20.1 Å². The monoisotopic (exact) mass is 488 g/mol. The smallest absolute Gasteiger partial charge is 0.333 e. The van der Waals surface area contributed by atoms with E-state index >= 15 is 0 Å². The van der Waals surface area contributed by atoms with Crippen molar-refractivity contribution in [3.8, 4) is 0 Å². The normalized spacial score (nSPS) is 24.3. The van der Waals surface area contributed by atoms with Crippen LogP contribution in [0.4, 0.5) is 5.82 Å². The summed E-state index contributed by atoms with van der Waals surface area (Å²) >= 11 is 0. The molecule has 12 nitrogen and oxygen atoms in total. The number of ether oxygens (including phenoxy) is 2. The Balaban J connectivity index is 1.39. The van der Waals surface area contributed by atoms with E-state index < -0.39 is 34.7 Å². The highest BCUT2D eigenvalue weighted by Gasteiger charge is 2.40. The molecule has 0 spiro atoms. The molecule has 3 aromatic rings. The molecule has 2 aliphatic rings. The molecule has 5 rings (SSSR count). The number of fused-ring (bicyclic) bond motifs is 2. The molecule has 1 saturated heterocycles. The van der Waals surface area contributed by atoms with Gasteiger partial charge in [-0.1, -0.05) is 24.3 Å². The highest BCUT2D eigenvalue weighted by atomic mass is 32.2. The lowest BCUT2D eigenvalue weighted by molar-refractivity contribution is -0.150. The lowest BCUT2D eigenvalue weighted by Crippen LogP contribution is -2.32.